The highest BCUT2D eigenvalue weighted by Gasteiger charge is 2.26. The van der Waals surface area contributed by atoms with Gasteiger partial charge in [0.05, 0.1) is 28.7 Å². The molecular formula is C27H32FN5O3S. The molecule has 0 saturated carbocycles. The Balaban J connectivity index is 0.000000479. The number of methoxy groups -OCH3 is 1. The maximum Gasteiger partial charge on any atom is 0.233 e. The fourth-order valence-corrected chi connectivity index (χ4v) is 4.76. The van der Waals surface area contributed by atoms with Crippen molar-refractivity contribution in [3.05, 3.63) is 64.2 Å². The van der Waals surface area contributed by atoms with Gasteiger partial charge in [0.15, 0.2) is 0 Å². The van der Waals surface area contributed by atoms with Gasteiger partial charge in [-0.15, -0.1) is 16.4 Å². The summed E-state index contributed by atoms with van der Waals surface area (Å²) in [4.78, 5) is 22.0. The molecule has 1 unspecified atom stereocenters. The molecule has 0 spiro atoms. The molecule has 0 bridgehead atoms. The van der Waals surface area contributed by atoms with Crippen molar-refractivity contribution in [3.8, 4) is 17.1 Å². The molecule has 1 aromatic carbocycles. The number of nitrogens with zero attached hydrogens (tertiary/aromatic N) is 4. The summed E-state index contributed by atoms with van der Waals surface area (Å²) in [6.45, 7) is 9.77. The number of rotatable bonds is 9. The lowest BCUT2D eigenvalue weighted by Crippen LogP contribution is -2.24. The van der Waals surface area contributed by atoms with Crippen molar-refractivity contribution in [1.82, 2.24) is 20.2 Å². The number of primary amides is 1. The number of halogens is 1. The molecule has 0 fully saturated rings. The first-order valence-electron chi connectivity index (χ1n) is 12.1. The van der Waals surface area contributed by atoms with E-state index in [0.717, 1.165) is 41.1 Å². The second kappa shape index (κ2) is 13.2. The molecule has 10 heteroatoms. The second-order valence-corrected chi connectivity index (χ2v) is 9.69. The average molecular weight is 526 g/mol. The summed E-state index contributed by atoms with van der Waals surface area (Å²) in [6.07, 6.45) is 3.68. The van der Waals surface area contributed by atoms with E-state index in [9.17, 15) is 4.79 Å². The highest BCUT2D eigenvalue weighted by atomic mass is 32.1. The molecule has 0 aliphatic carbocycles. The van der Waals surface area contributed by atoms with E-state index >= 15 is 4.39 Å². The summed E-state index contributed by atoms with van der Waals surface area (Å²) in [7, 11) is 1.47. The van der Waals surface area contributed by atoms with Gasteiger partial charge in [-0.2, -0.15) is 5.10 Å². The van der Waals surface area contributed by atoms with Crippen molar-refractivity contribution < 1.29 is 18.7 Å². The van der Waals surface area contributed by atoms with Crippen LogP contribution in [0.2, 0.25) is 0 Å². The molecular weight excluding hydrogens is 493 g/mol. The Morgan fingerprint density at radius 2 is 1.81 bits per heavy atom. The smallest absolute Gasteiger partial charge is 0.233 e. The first kappa shape index (κ1) is 28.1. The number of aryl methyl sites for hydroxylation is 2. The van der Waals surface area contributed by atoms with Gasteiger partial charge in [0.1, 0.15) is 18.1 Å². The number of amides is 1. The van der Waals surface area contributed by atoms with Crippen molar-refractivity contribution in [2.45, 2.75) is 46.5 Å². The third-order valence-corrected chi connectivity index (χ3v) is 6.55. The minimum atomic E-state index is -0.898. The van der Waals surface area contributed by atoms with Gasteiger partial charge in [-0.25, -0.2) is 14.4 Å². The van der Waals surface area contributed by atoms with Crippen molar-refractivity contribution in [2.75, 3.05) is 20.3 Å². The Morgan fingerprint density at radius 3 is 2.41 bits per heavy atom. The van der Waals surface area contributed by atoms with Crippen molar-refractivity contribution in [1.29, 1.82) is 0 Å². The summed E-state index contributed by atoms with van der Waals surface area (Å²) < 4.78 is 25.9. The number of hydrogen-bond acceptors (Lipinski definition) is 8. The Bertz CT molecular complexity index is 1340. The summed E-state index contributed by atoms with van der Waals surface area (Å²) in [5.74, 6) is -1.64. The normalized spacial score (nSPS) is 11.6. The molecule has 3 heterocycles. The van der Waals surface area contributed by atoms with E-state index in [1.807, 2.05) is 13.0 Å². The lowest BCUT2D eigenvalue weighted by Gasteiger charge is -2.17. The van der Waals surface area contributed by atoms with Gasteiger partial charge < -0.3 is 15.2 Å². The molecule has 4 rings (SSSR count). The molecule has 0 saturated heterocycles. The number of nitrogens with two attached hydrogens (primary N) is 1. The third-order valence-electron chi connectivity index (χ3n) is 5.50. The summed E-state index contributed by atoms with van der Waals surface area (Å²) in [5, 5.41) is 8.00. The van der Waals surface area contributed by atoms with Crippen LogP contribution in [0.4, 0.5) is 4.39 Å². The maximum absolute atomic E-state index is 15.0. The van der Waals surface area contributed by atoms with Crippen LogP contribution < -0.4 is 10.5 Å². The van der Waals surface area contributed by atoms with Gasteiger partial charge >= 0.3 is 0 Å². The number of benzene rings is 1. The first-order chi connectivity index (χ1) is 17.8. The zero-order valence-corrected chi connectivity index (χ0v) is 22.6. The standard InChI is InChI=1S/C21H18FN5O2S.C6H14O/c1-10-6-14(22)13(19-20-16(24-9-25-19)7-11(2)30-20)8-12(10)18(21(23)28)15-4-5-17(29-3)27-26-15;1-3-5-7-6-4-2/h4-9,18H,1-3H3,(H2,23,28);3-6H2,1-2H3. The second-order valence-electron chi connectivity index (χ2n) is 8.43. The summed E-state index contributed by atoms with van der Waals surface area (Å²) in [6, 6.07) is 8.14. The Morgan fingerprint density at radius 1 is 1.08 bits per heavy atom. The van der Waals surface area contributed by atoms with E-state index in [1.165, 1.54) is 30.8 Å². The van der Waals surface area contributed by atoms with Gasteiger partial charge in [0.2, 0.25) is 11.8 Å². The van der Waals surface area contributed by atoms with Gasteiger partial charge in [-0.05, 0) is 62.1 Å². The molecule has 0 aliphatic rings. The quantitative estimate of drug-likeness (QED) is 0.293. The zero-order valence-electron chi connectivity index (χ0n) is 21.7. The van der Waals surface area contributed by atoms with Crippen LogP contribution in [-0.4, -0.2) is 46.4 Å². The number of thiophene rings is 1. The lowest BCUT2D eigenvalue weighted by molar-refractivity contribution is -0.118. The van der Waals surface area contributed by atoms with E-state index in [4.69, 9.17) is 15.2 Å². The first-order valence-corrected chi connectivity index (χ1v) is 12.9. The molecule has 0 radical (unpaired) electrons. The predicted octanol–water partition coefficient (Wildman–Crippen LogP) is 5.35. The fraction of sp³-hybridized carbons (Fsp3) is 0.370. The Kier molecular flexibility index (Phi) is 9.99. The van der Waals surface area contributed by atoms with Crippen LogP contribution in [0.25, 0.3) is 21.5 Å². The van der Waals surface area contributed by atoms with E-state index in [-0.39, 0.29) is 5.56 Å². The highest BCUT2D eigenvalue weighted by Crippen LogP contribution is 2.36. The number of ether oxygens (including phenoxy) is 2. The molecule has 4 aromatic rings. The Labute approximate surface area is 220 Å². The molecule has 2 N–H and O–H groups in total. The summed E-state index contributed by atoms with van der Waals surface area (Å²) >= 11 is 1.49. The van der Waals surface area contributed by atoms with E-state index in [2.05, 4.69) is 34.0 Å². The SMILES string of the molecule is CCCOCCC.COc1ccc(C(C(N)=O)c2cc(-c3ncnc4cc(C)sc34)c(F)cc2C)nn1. The number of carbonyl (C=O) groups excluding carboxylic acids is 1. The number of aromatic nitrogens is 4. The molecule has 1 amide bonds. The number of carbonyl (C=O) groups is 1. The van der Waals surface area contributed by atoms with Crippen molar-refractivity contribution in [2.24, 2.45) is 5.73 Å². The number of fused-ring (bicyclic) bond motifs is 1. The van der Waals surface area contributed by atoms with Gasteiger partial charge in [-0.1, -0.05) is 13.8 Å². The minimum absolute atomic E-state index is 0.276. The van der Waals surface area contributed by atoms with Crippen molar-refractivity contribution in [3.63, 3.8) is 0 Å². The average Bonchev–Trinajstić information content (AvgIpc) is 3.27. The van der Waals surface area contributed by atoms with Crippen LogP contribution in [0.3, 0.4) is 0 Å². The van der Waals surface area contributed by atoms with Gasteiger partial charge in [0, 0.05) is 29.7 Å². The number of hydrogen-bond donors (Lipinski definition) is 1. The van der Waals surface area contributed by atoms with Crippen LogP contribution in [0, 0.1) is 19.7 Å². The van der Waals surface area contributed by atoms with Gasteiger partial charge in [-0.3, -0.25) is 4.79 Å². The van der Waals surface area contributed by atoms with E-state index in [1.54, 1.807) is 25.1 Å². The van der Waals surface area contributed by atoms with Crippen LogP contribution in [0.15, 0.2) is 36.7 Å². The molecule has 8 nitrogen and oxygen atoms in total. The topological polar surface area (TPSA) is 113 Å². The van der Waals surface area contributed by atoms with E-state index < -0.39 is 17.6 Å². The van der Waals surface area contributed by atoms with Crippen LogP contribution in [-0.2, 0) is 9.53 Å². The van der Waals surface area contributed by atoms with Crippen LogP contribution >= 0.6 is 11.3 Å². The van der Waals surface area contributed by atoms with Crippen molar-refractivity contribution >= 4 is 27.5 Å². The molecule has 3 aromatic heterocycles. The van der Waals surface area contributed by atoms with Crippen LogP contribution in [0.1, 0.15) is 54.3 Å². The van der Waals surface area contributed by atoms with E-state index in [0.29, 0.717) is 28.4 Å². The fourth-order valence-electron chi connectivity index (χ4n) is 3.79. The monoisotopic (exact) mass is 525 g/mol. The zero-order chi connectivity index (χ0) is 26.9. The third kappa shape index (κ3) is 6.84. The molecule has 196 valence electrons. The maximum atomic E-state index is 15.0. The molecule has 1 atom stereocenters. The minimum Gasteiger partial charge on any atom is -0.480 e. The molecule has 0 aliphatic heterocycles. The predicted molar refractivity (Wildman–Crippen MR) is 143 cm³/mol. The van der Waals surface area contributed by atoms with Crippen LogP contribution in [0.5, 0.6) is 5.88 Å². The largest absolute Gasteiger partial charge is 0.480 e. The van der Waals surface area contributed by atoms with Gasteiger partial charge in [0.25, 0.3) is 0 Å². The Hall–Kier alpha value is -3.50. The molecule has 37 heavy (non-hydrogen) atoms. The highest BCUT2D eigenvalue weighted by molar-refractivity contribution is 7.19. The summed E-state index contributed by atoms with van der Waals surface area (Å²) in [5.41, 5.74) is 8.67. The lowest BCUT2D eigenvalue weighted by atomic mass is 9.89.